The topological polar surface area (TPSA) is 94.0 Å². The molecule has 0 saturated heterocycles. The zero-order valence-electron chi connectivity index (χ0n) is 9.74. The van der Waals surface area contributed by atoms with Crippen LogP contribution in [0, 0.1) is 6.92 Å². The van der Waals surface area contributed by atoms with Gasteiger partial charge in [-0.2, -0.15) is 0 Å². The maximum atomic E-state index is 11.4. The van der Waals surface area contributed by atoms with Gasteiger partial charge in [0, 0.05) is 12.4 Å². The Bertz CT molecular complexity index is 607. The highest BCUT2D eigenvalue weighted by Gasteiger charge is 2.16. The summed E-state index contributed by atoms with van der Waals surface area (Å²) in [6.45, 7) is 1.97. The van der Waals surface area contributed by atoms with E-state index < -0.39 is 5.91 Å². The standard InChI is InChI=1S/C12H14N4O/c1-6-3-4-7-8(5-6)16-11(13)9(12(14)17)10(7)15-2/h3-5H,1-2H3,(H2,14,17)(H3,13,15,16). The van der Waals surface area contributed by atoms with Crippen molar-refractivity contribution in [1.29, 1.82) is 0 Å². The van der Waals surface area contributed by atoms with Gasteiger partial charge < -0.3 is 16.8 Å². The van der Waals surface area contributed by atoms with Gasteiger partial charge >= 0.3 is 0 Å². The number of nitrogen functional groups attached to an aromatic ring is 1. The van der Waals surface area contributed by atoms with Crippen LogP contribution in [0.15, 0.2) is 18.2 Å². The third-order valence-electron chi connectivity index (χ3n) is 2.67. The summed E-state index contributed by atoms with van der Waals surface area (Å²) in [5.41, 5.74) is 13.8. The van der Waals surface area contributed by atoms with Crippen LogP contribution in [-0.2, 0) is 0 Å². The molecule has 0 aliphatic rings. The first-order valence-corrected chi connectivity index (χ1v) is 5.22. The van der Waals surface area contributed by atoms with Gasteiger partial charge in [-0.1, -0.05) is 12.1 Å². The normalized spacial score (nSPS) is 10.5. The van der Waals surface area contributed by atoms with Gasteiger partial charge in [-0.15, -0.1) is 0 Å². The summed E-state index contributed by atoms with van der Waals surface area (Å²) < 4.78 is 0. The van der Waals surface area contributed by atoms with E-state index in [1.165, 1.54) is 0 Å². The van der Waals surface area contributed by atoms with Crippen molar-refractivity contribution in [2.75, 3.05) is 18.1 Å². The molecule has 2 aromatic rings. The van der Waals surface area contributed by atoms with E-state index in [-0.39, 0.29) is 11.4 Å². The number of aryl methyl sites for hydroxylation is 1. The minimum Gasteiger partial charge on any atom is -0.387 e. The van der Waals surface area contributed by atoms with Crippen LogP contribution in [0.2, 0.25) is 0 Å². The number of hydrogen-bond donors (Lipinski definition) is 3. The predicted molar refractivity (Wildman–Crippen MR) is 69.0 cm³/mol. The maximum absolute atomic E-state index is 11.4. The van der Waals surface area contributed by atoms with E-state index in [1.807, 2.05) is 25.1 Å². The molecule has 1 aromatic carbocycles. The van der Waals surface area contributed by atoms with Crippen LogP contribution < -0.4 is 16.8 Å². The summed E-state index contributed by atoms with van der Waals surface area (Å²) >= 11 is 0. The van der Waals surface area contributed by atoms with Gasteiger partial charge in [-0.05, 0) is 18.6 Å². The lowest BCUT2D eigenvalue weighted by Gasteiger charge is -2.12. The van der Waals surface area contributed by atoms with Gasteiger partial charge in [0.05, 0.1) is 11.2 Å². The van der Waals surface area contributed by atoms with E-state index in [1.54, 1.807) is 7.05 Å². The molecule has 5 N–H and O–H groups in total. The van der Waals surface area contributed by atoms with E-state index >= 15 is 0 Å². The zero-order valence-corrected chi connectivity index (χ0v) is 9.74. The quantitative estimate of drug-likeness (QED) is 0.724. The Balaban J connectivity index is 2.90. The van der Waals surface area contributed by atoms with Crippen LogP contribution in [0.1, 0.15) is 15.9 Å². The molecule has 5 nitrogen and oxygen atoms in total. The van der Waals surface area contributed by atoms with Crippen LogP contribution >= 0.6 is 0 Å². The summed E-state index contributed by atoms with van der Waals surface area (Å²) in [4.78, 5) is 15.6. The number of fused-ring (bicyclic) bond motifs is 1. The Kier molecular flexibility index (Phi) is 2.59. The molecule has 2 rings (SSSR count). The molecule has 0 atom stereocenters. The van der Waals surface area contributed by atoms with Gasteiger partial charge in [0.2, 0.25) is 0 Å². The largest absolute Gasteiger partial charge is 0.387 e. The number of primary amides is 1. The lowest BCUT2D eigenvalue weighted by atomic mass is 10.1. The number of amides is 1. The van der Waals surface area contributed by atoms with Crippen molar-refractivity contribution in [3.8, 4) is 0 Å². The third-order valence-corrected chi connectivity index (χ3v) is 2.67. The fraction of sp³-hybridized carbons (Fsp3) is 0.167. The monoisotopic (exact) mass is 230 g/mol. The number of carbonyl (C=O) groups excluding carboxylic acids is 1. The Morgan fingerprint density at radius 1 is 1.41 bits per heavy atom. The van der Waals surface area contributed by atoms with Crippen LogP contribution in [-0.4, -0.2) is 17.9 Å². The van der Waals surface area contributed by atoms with Crippen molar-refractivity contribution in [1.82, 2.24) is 4.98 Å². The first-order chi connectivity index (χ1) is 8.04. The van der Waals surface area contributed by atoms with Gasteiger partial charge in [-0.3, -0.25) is 4.79 Å². The first kappa shape index (κ1) is 11.2. The maximum Gasteiger partial charge on any atom is 0.254 e. The van der Waals surface area contributed by atoms with Crippen molar-refractivity contribution < 1.29 is 4.79 Å². The molecule has 1 heterocycles. The second kappa shape index (κ2) is 3.93. The van der Waals surface area contributed by atoms with Crippen LogP contribution in [0.5, 0.6) is 0 Å². The number of benzene rings is 1. The molecule has 0 fully saturated rings. The average molecular weight is 230 g/mol. The molecule has 0 radical (unpaired) electrons. The second-order valence-corrected chi connectivity index (χ2v) is 3.88. The molecular formula is C12H14N4O. The second-order valence-electron chi connectivity index (χ2n) is 3.88. The molecule has 0 unspecified atom stereocenters. The van der Waals surface area contributed by atoms with E-state index in [2.05, 4.69) is 10.3 Å². The summed E-state index contributed by atoms with van der Waals surface area (Å²) in [6.07, 6.45) is 0. The molecule has 0 spiro atoms. The molecule has 0 aliphatic heterocycles. The molecule has 1 amide bonds. The molecular weight excluding hydrogens is 216 g/mol. The van der Waals surface area contributed by atoms with Crippen molar-refractivity contribution in [3.05, 3.63) is 29.3 Å². The molecule has 0 bridgehead atoms. The Labute approximate surface area is 98.8 Å². The number of rotatable bonds is 2. The number of nitrogens with one attached hydrogen (secondary N) is 1. The minimum atomic E-state index is -0.582. The summed E-state index contributed by atoms with van der Waals surface area (Å²) in [7, 11) is 1.72. The van der Waals surface area contributed by atoms with E-state index in [9.17, 15) is 4.79 Å². The molecule has 88 valence electrons. The van der Waals surface area contributed by atoms with Crippen LogP contribution in [0.25, 0.3) is 10.9 Å². The summed E-state index contributed by atoms with van der Waals surface area (Å²) in [5.74, 6) is -0.429. The Morgan fingerprint density at radius 3 is 2.71 bits per heavy atom. The van der Waals surface area contributed by atoms with E-state index in [0.717, 1.165) is 16.5 Å². The summed E-state index contributed by atoms with van der Waals surface area (Å²) in [5, 5.41) is 3.79. The number of pyridine rings is 1. The fourth-order valence-electron chi connectivity index (χ4n) is 1.90. The molecule has 0 saturated carbocycles. The van der Waals surface area contributed by atoms with Crippen molar-refractivity contribution in [2.24, 2.45) is 5.73 Å². The fourth-order valence-corrected chi connectivity index (χ4v) is 1.90. The highest BCUT2D eigenvalue weighted by molar-refractivity contribution is 6.10. The van der Waals surface area contributed by atoms with Crippen molar-refractivity contribution in [3.63, 3.8) is 0 Å². The number of aromatic nitrogens is 1. The van der Waals surface area contributed by atoms with Gasteiger partial charge in [0.25, 0.3) is 5.91 Å². The SMILES string of the molecule is CNc1c(C(N)=O)c(N)nc2cc(C)ccc12. The zero-order chi connectivity index (χ0) is 12.6. The number of carbonyl (C=O) groups is 1. The average Bonchev–Trinajstić information content (AvgIpc) is 2.26. The van der Waals surface area contributed by atoms with E-state index in [4.69, 9.17) is 11.5 Å². The molecule has 5 heteroatoms. The van der Waals surface area contributed by atoms with Crippen molar-refractivity contribution >= 4 is 28.3 Å². The van der Waals surface area contributed by atoms with Crippen LogP contribution in [0.4, 0.5) is 11.5 Å². The smallest absolute Gasteiger partial charge is 0.254 e. The number of nitrogens with two attached hydrogens (primary N) is 2. The molecule has 1 aromatic heterocycles. The minimum absolute atomic E-state index is 0.153. The van der Waals surface area contributed by atoms with Gasteiger partial charge in [0.15, 0.2) is 0 Å². The number of nitrogens with zero attached hydrogens (tertiary/aromatic N) is 1. The lowest BCUT2D eigenvalue weighted by molar-refractivity contribution is 0.100. The Morgan fingerprint density at radius 2 is 2.12 bits per heavy atom. The van der Waals surface area contributed by atoms with Gasteiger partial charge in [0.1, 0.15) is 11.4 Å². The Hall–Kier alpha value is -2.30. The molecule has 17 heavy (non-hydrogen) atoms. The van der Waals surface area contributed by atoms with Crippen molar-refractivity contribution in [2.45, 2.75) is 6.92 Å². The van der Waals surface area contributed by atoms with Gasteiger partial charge in [-0.25, -0.2) is 4.98 Å². The predicted octanol–water partition coefficient (Wildman–Crippen LogP) is 1.27. The highest BCUT2D eigenvalue weighted by atomic mass is 16.1. The van der Waals surface area contributed by atoms with Crippen LogP contribution in [0.3, 0.4) is 0 Å². The number of anilines is 2. The van der Waals surface area contributed by atoms with E-state index in [0.29, 0.717) is 5.69 Å². The summed E-state index contributed by atoms with van der Waals surface area (Å²) in [6, 6.07) is 5.76. The highest BCUT2D eigenvalue weighted by Crippen LogP contribution is 2.29. The number of hydrogen-bond acceptors (Lipinski definition) is 4. The third kappa shape index (κ3) is 1.75. The molecule has 0 aliphatic carbocycles. The first-order valence-electron chi connectivity index (χ1n) is 5.22. The lowest BCUT2D eigenvalue weighted by Crippen LogP contribution is -2.17.